The van der Waals surface area contributed by atoms with Crippen LogP contribution in [0.1, 0.15) is 48.9 Å². The largest absolute Gasteiger partial charge is 0.460 e. The van der Waals surface area contributed by atoms with Gasteiger partial charge in [-0.1, -0.05) is 105 Å². The zero-order valence-corrected chi connectivity index (χ0v) is 22.1. The molecule has 0 fully saturated rings. The molecule has 0 radical (unpaired) electrons. The minimum absolute atomic E-state index is 0.218. The molecule has 39 heavy (non-hydrogen) atoms. The summed E-state index contributed by atoms with van der Waals surface area (Å²) in [7, 11) is 0. The Labute approximate surface area is 228 Å². The van der Waals surface area contributed by atoms with Gasteiger partial charge in [0.25, 0.3) is 5.92 Å². The number of benzene rings is 3. The maximum atomic E-state index is 15.7. The van der Waals surface area contributed by atoms with Gasteiger partial charge in [0.15, 0.2) is 5.78 Å². The van der Waals surface area contributed by atoms with Crippen molar-refractivity contribution >= 4 is 11.8 Å². The lowest BCUT2D eigenvalue weighted by Crippen LogP contribution is -2.51. The number of ketones is 1. The summed E-state index contributed by atoms with van der Waals surface area (Å²) >= 11 is 0. The molecule has 0 aliphatic heterocycles. The van der Waals surface area contributed by atoms with Crippen molar-refractivity contribution in [1.82, 2.24) is 0 Å². The molecule has 8 heteroatoms. The fraction of sp³-hybridized carbons (Fsp3) is 0.355. The average Bonchev–Trinajstić information content (AvgIpc) is 2.94. The minimum Gasteiger partial charge on any atom is -0.460 e. The van der Waals surface area contributed by atoms with Crippen LogP contribution >= 0.6 is 0 Å². The lowest BCUT2D eigenvalue weighted by molar-refractivity contribution is -0.178. The number of hydrogen-bond acceptors (Lipinski definition) is 6. The van der Waals surface area contributed by atoms with E-state index >= 15 is 8.78 Å². The number of alkyl halides is 2. The second-order valence-corrected chi connectivity index (χ2v) is 10.1. The van der Waals surface area contributed by atoms with E-state index < -0.39 is 54.1 Å². The summed E-state index contributed by atoms with van der Waals surface area (Å²) in [6.45, 7) is 3.22. The van der Waals surface area contributed by atoms with Crippen molar-refractivity contribution in [3.05, 3.63) is 108 Å². The van der Waals surface area contributed by atoms with E-state index in [1.807, 2.05) is 0 Å². The molecule has 6 nitrogen and oxygen atoms in total. The lowest BCUT2D eigenvalue weighted by atomic mass is 9.74. The molecule has 0 aliphatic rings. The second-order valence-electron chi connectivity index (χ2n) is 10.1. The van der Waals surface area contributed by atoms with Gasteiger partial charge in [0.1, 0.15) is 18.6 Å². The molecule has 5 atom stereocenters. The van der Waals surface area contributed by atoms with Gasteiger partial charge in [-0.2, -0.15) is 0 Å². The maximum absolute atomic E-state index is 15.7. The first-order valence-corrected chi connectivity index (χ1v) is 12.9. The van der Waals surface area contributed by atoms with E-state index in [0.29, 0.717) is 11.1 Å². The molecule has 5 N–H and O–H groups in total. The van der Waals surface area contributed by atoms with Crippen molar-refractivity contribution in [3.63, 3.8) is 0 Å². The number of aliphatic hydroxyl groups excluding tert-OH is 1. The molecule has 3 aromatic rings. The van der Waals surface area contributed by atoms with Crippen molar-refractivity contribution in [3.8, 4) is 0 Å². The lowest BCUT2D eigenvalue weighted by Gasteiger charge is -2.35. The molecule has 3 rings (SSSR count). The molecule has 0 saturated heterocycles. The number of hydrogen-bond donors (Lipinski definition) is 3. The van der Waals surface area contributed by atoms with Gasteiger partial charge in [-0.25, -0.2) is 8.78 Å². The van der Waals surface area contributed by atoms with Crippen molar-refractivity contribution in [2.75, 3.05) is 0 Å². The number of carbonyl (C=O) groups is 2. The van der Waals surface area contributed by atoms with Crippen LogP contribution in [0.15, 0.2) is 91.0 Å². The Kier molecular flexibility index (Phi) is 10.5. The highest BCUT2D eigenvalue weighted by Crippen LogP contribution is 2.40. The third-order valence-corrected chi connectivity index (χ3v) is 6.86. The van der Waals surface area contributed by atoms with E-state index in [2.05, 4.69) is 0 Å². The van der Waals surface area contributed by atoms with Crippen LogP contribution in [-0.2, 0) is 20.9 Å². The fourth-order valence-corrected chi connectivity index (χ4v) is 4.51. The van der Waals surface area contributed by atoms with Gasteiger partial charge in [-0.15, -0.1) is 0 Å². The predicted molar refractivity (Wildman–Crippen MR) is 146 cm³/mol. The summed E-state index contributed by atoms with van der Waals surface area (Å²) in [4.78, 5) is 27.2. The van der Waals surface area contributed by atoms with Gasteiger partial charge in [-0.3, -0.25) is 9.59 Å². The van der Waals surface area contributed by atoms with Crippen LogP contribution in [0.25, 0.3) is 0 Å². The van der Waals surface area contributed by atoms with Gasteiger partial charge in [0, 0.05) is 12.5 Å². The second kappa shape index (κ2) is 13.6. The summed E-state index contributed by atoms with van der Waals surface area (Å²) in [5.41, 5.74) is 13.6. The topological polar surface area (TPSA) is 116 Å². The maximum Gasteiger partial charge on any atom is 0.313 e. The van der Waals surface area contributed by atoms with Gasteiger partial charge in [0.05, 0.1) is 12.0 Å². The fourth-order valence-electron chi connectivity index (χ4n) is 4.51. The van der Waals surface area contributed by atoms with Gasteiger partial charge in [-0.05, 0) is 22.6 Å². The number of carbonyl (C=O) groups excluding carboxylic acids is 2. The average molecular weight is 539 g/mol. The Morgan fingerprint density at radius 2 is 1.33 bits per heavy atom. The van der Waals surface area contributed by atoms with Crippen LogP contribution in [0.3, 0.4) is 0 Å². The van der Waals surface area contributed by atoms with Gasteiger partial charge >= 0.3 is 5.97 Å². The molecule has 3 aromatic carbocycles. The first-order chi connectivity index (χ1) is 18.5. The summed E-state index contributed by atoms with van der Waals surface area (Å²) in [5.74, 6) is -9.36. The molecule has 0 bridgehead atoms. The third kappa shape index (κ3) is 7.79. The highest BCUT2D eigenvalue weighted by molar-refractivity contribution is 5.95. The van der Waals surface area contributed by atoms with E-state index in [-0.39, 0.29) is 18.1 Å². The Balaban J connectivity index is 2.02. The number of halogens is 2. The van der Waals surface area contributed by atoms with Crippen LogP contribution in [0.2, 0.25) is 0 Å². The normalized spacial score (nSPS) is 15.7. The zero-order chi connectivity index (χ0) is 28.6. The summed E-state index contributed by atoms with van der Waals surface area (Å²) in [5, 5.41) is 11.2. The van der Waals surface area contributed by atoms with Crippen LogP contribution in [-0.4, -0.2) is 34.9 Å². The molecule has 0 spiro atoms. The van der Waals surface area contributed by atoms with Gasteiger partial charge < -0.3 is 21.3 Å². The SMILES string of the molecule is CC(C)[C@H](N)C(=O)C(c1ccccc1)C(C(=O)OCc1ccccc1)C(O)C(F)(F)CC(N)c1ccccc1. The molecular weight excluding hydrogens is 502 g/mol. The van der Waals surface area contributed by atoms with Crippen LogP contribution < -0.4 is 11.5 Å². The molecule has 0 amide bonds. The molecule has 0 aromatic heterocycles. The zero-order valence-electron chi connectivity index (χ0n) is 22.1. The molecule has 0 saturated carbocycles. The van der Waals surface area contributed by atoms with Crippen molar-refractivity contribution in [1.29, 1.82) is 0 Å². The van der Waals surface area contributed by atoms with Crippen molar-refractivity contribution in [2.24, 2.45) is 23.3 Å². The predicted octanol–water partition coefficient (Wildman–Crippen LogP) is 4.77. The van der Waals surface area contributed by atoms with Crippen molar-refractivity contribution < 1.29 is 28.2 Å². The minimum atomic E-state index is -3.85. The highest BCUT2D eigenvalue weighted by Gasteiger charge is 2.53. The summed E-state index contributed by atoms with van der Waals surface area (Å²) < 4.78 is 36.9. The summed E-state index contributed by atoms with van der Waals surface area (Å²) in [6.07, 6.45) is -3.53. The van der Waals surface area contributed by atoms with E-state index in [1.54, 1.807) is 105 Å². The quantitative estimate of drug-likeness (QED) is 0.270. The molecular formula is C31H36F2N2O4. The van der Waals surface area contributed by atoms with E-state index in [1.165, 1.54) is 0 Å². The Hall–Kier alpha value is -3.46. The van der Waals surface area contributed by atoms with E-state index in [4.69, 9.17) is 16.2 Å². The van der Waals surface area contributed by atoms with Crippen molar-refractivity contribution in [2.45, 2.75) is 56.9 Å². The smallest absolute Gasteiger partial charge is 0.313 e. The Bertz CT molecular complexity index is 1190. The standard InChI is InChI=1S/C31H36F2N2O4/c1-20(2)27(35)28(36)25(23-16-10-5-11-17-23)26(30(38)39-19-21-12-6-3-7-13-21)29(37)31(32,33)18-24(34)22-14-8-4-9-15-22/h3-17,20,24-27,29,37H,18-19,34-35H2,1-2H3/t24?,25?,26?,27-,29?/m0/s1. The van der Waals surface area contributed by atoms with Gasteiger partial charge in [0.2, 0.25) is 0 Å². The number of rotatable bonds is 13. The molecule has 4 unspecified atom stereocenters. The monoisotopic (exact) mass is 538 g/mol. The van der Waals surface area contributed by atoms with Crippen LogP contribution in [0.5, 0.6) is 0 Å². The van der Waals surface area contributed by atoms with E-state index in [9.17, 15) is 14.7 Å². The first-order valence-electron chi connectivity index (χ1n) is 12.9. The van der Waals surface area contributed by atoms with Crippen LogP contribution in [0.4, 0.5) is 8.78 Å². The van der Waals surface area contributed by atoms with E-state index in [0.717, 1.165) is 0 Å². The molecule has 208 valence electrons. The number of ether oxygens (including phenoxy) is 1. The number of nitrogens with two attached hydrogens (primary N) is 2. The number of Topliss-reactive ketones (excluding diaryl/α,β-unsaturated/α-hetero) is 1. The Morgan fingerprint density at radius 1 is 0.846 bits per heavy atom. The molecule has 0 heterocycles. The summed E-state index contributed by atoms with van der Waals surface area (Å²) in [6, 6.07) is 22.8. The molecule has 0 aliphatic carbocycles. The van der Waals surface area contributed by atoms with Crippen LogP contribution in [0, 0.1) is 11.8 Å². The number of esters is 1. The highest BCUT2D eigenvalue weighted by atomic mass is 19.3. The number of aliphatic hydroxyl groups is 1. The Morgan fingerprint density at radius 3 is 1.85 bits per heavy atom. The first kappa shape index (κ1) is 30.1. The third-order valence-electron chi connectivity index (χ3n) is 6.86.